The van der Waals surface area contributed by atoms with Crippen LogP contribution in [0.3, 0.4) is 0 Å². The summed E-state index contributed by atoms with van der Waals surface area (Å²) in [6.07, 6.45) is 0.690. The third-order valence-corrected chi connectivity index (χ3v) is 2.32. The van der Waals surface area contributed by atoms with Gasteiger partial charge in [0, 0.05) is 20.6 Å². The molecule has 1 atom stereocenters. The van der Waals surface area contributed by atoms with Crippen molar-refractivity contribution >= 4 is 17.9 Å². The number of carbonyl (C=O) groups excluding carboxylic acids is 2. The van der Waals surface area contributed by atoms with E-state index in [0.29, 0.717) is 13.0 Å². The lowest BCUT2D eigenvalue weighted by Gasteiger charge is -2.24. The minimum absolute atomic E-state index is 0.0565. The maximum Gasteiger partial charge on any atom is 0.325 e. The zero-order valence-electron chi connectivity index (χ0n) is 11.3. The lowest BCUT2D eigenvalue weighted by Crippen LogP contribution is -2.49. The predicted molar refractivity (Wildman–Crippen MR) is 66.2 cm³/mol. The Morgan fingerprint density at radius 2 is 1.83 bits per heavy atom. The minimum atomic E-state index is -1.11. The van der Waals surface area contributed by atoms with Crippen LogP contribution in [-0.2, 0) is 9.59 Å². The highest BCUT2D eigenvalue weighted by Gasteiger charge is 2.21. The molecule has 0 aromatic heterocycles. The zero-order valence-corrected chi connectivity index (χ0v) is 11.3. The van der Waals surface area contributed by atoms with Crippen molar-refractivity contribution in [3.05, 3.63) is 0 Å². The van der Waals surface area contributed by atoms with Crippen LogP contribution in [0.2, 0.25) is 0 Å². The van der Waals surface area contributed by atoms with Gasteiger partial charge < -0.3 is 20.2 Å². The highest BCUT2D eigenvalue weighted by Crippen LogP contribution is 1.96. The molecule has 3 amide bonds. The van der Waals surface area contributed by atoms with E-state index in [2.05, 4.69) is 5.32 Å². The smallest absolute Gasteiger partial charge is 0.325 e. The molecule has 104 valence electrons. The average Bonchev–Trinajstić information content (AvgIpc) is 2.27. The van der Waals surface area contributed by atoms with Crippen molar-refractivity contribution in [2.45, 2.75) is 26.3 Å². The molecule has 0 fully saturated rings. The van der Waals surface area contributed by atoms with Crippen LogP contribution in [0.4, 0.5) is 4.79 Å². The molecule has 0 unspecified atom stereocenters. The number of hydrogen-bond acceptors (Lipinski definition) is 3. The standard InChI is InChI=1S/C11H21N3O4/c1-5-6-14(7-9(15)13(3)4)11(18)12-8(2)10(16)17/h8H,5-7H2,1-4H3,(H,12,18)(H,16,17)/t8-/m1/s1. The second-order valence-corrected chi connectivity index (χ2v) is 4.22. The summed E-state index contributed by atoms with van der Waals surface area (Å²) >= 11 is 0. The number of carbonyl (C=O) groups is 3. The first-order chi connectivity index (χ1) is 8.29. The van der Waals surface area contributed by atoms with Gasteiger partial charge in [-0.15, -0.1) is 0 Å². The van der Waals surface area contributed by atoms with E-state index in [0.717, 1.165) is 0 Å². The molecule has 18 heavy (non-hydrogen) atoms. The van der Waals surface area contributed by atoms with E-state index in [4.69, 9.17) is 5.11 Å². The molecule has 0 saturated carbocycles. The summed E-state index contributed by atoms with van der Waals surface area (Å²) in [6, 6.07) is -1.52. The number of carboxylic acids is 1. The fraction of sp³-hybridized carbons (Fsp3) is 0.727. The van der Waals surface area contributed by atoms with Crippen LogP contribution in [0.5, 0.6) is 0 Å². The van der Waals surface area contributed by atoms with Crippen LogP contribution in [0.1, 0.15) is 20.3 Å². The second-order valence-electron chi connectivity index (χ2n) is 4.22. The number of carboxylic acid groups (broad SMARTS) is 1. The van der Waals surface area contributed by atoms with Crippen LogP contribution in [0, 0.1) is 0 Å². The molecule has 0 aromatic carbocycles. The molecule has 0 rings (SSSR count). The SMILES string of the molecule is CCCN(CC(=O)N(C)C)C(=O)N[C@H](C)C(=O)O. The van der Waals surface area contributed by atoms with Crippen LogP contribution in [-0.4, -0.2) is 66.0 Å². The molecule has 0 saturated heterocycles. The number of likely N-dealkylation sites (N-methyl/N-ethyl adjacent to an activating group) is 1. The number of rotatable bonds is 6. The Balaban J connectivity index is 4.54. The van der Waals surface area contributed by atoms with Gasteiger partial charge in [-0.1, -0.05) is 6.92 Å². The van der Waals surface area contributed by atoms with Crippen LogP contribution in [0.15, 0.2) is 0 Å². The van der Waals surface area contributed by atoms with E-state index in [9.17, 15) is 14.4 Å². The number of amides is 3. The number of nitrogens with one attached hydrogen (secondary N) is 1. The Bertz CT molecular complexity index is 317. The van der Waals surface area contributed by atoms with Crippen molar-refractivity contribution in [1.82, 2.24) is 15.1 Å². The van der Waals surface area contributed by atoms with E-state index in [-0.39, 0.29) is 12.5 Å². The van der Waals surface area contributed by atoms with Crippen molar-refractivity contribution in [2.75, 3.05) is 27.2 Å². The van der Waals surface area contributed by atoms with E-state index >= 15 is 0 Å². The first-order valence-corrected chi connectivity index (χ1v) is 5.78. The van der Waals surface area contributed by atoms with Crippen molar-refractivity contribution < 1.29 is 19.5 Å². The average molecular weight is 259 g/mol. The minimum Gasteiger partial charge on any atom is -0.480 e. The monoisotopic (exact) mass is 259 g/mol. The Kier molecular flexibility index (Phi) is 6.77. The quantitative estimate of drug-likeness (QED) is 0.701. The predicted octanol–water partition coefficient (Wildman–Crippen LogP) is -0.0307. The van der Waals surface area contributed by atoms with Gasteiger partial charge in [-0.2, -0.15) is 0 Å². The summed E-state index contributed by atoms with van der Waals surface area (Å²) in [4.78, 5) is 36.7. The van der Waals surface area contributed by atoms with Gasteiger partial charge in [0.05, 0.1) is 0 Å². The van der Waals surface area contributed by atoms with Gasteiger partial charge in [0.15, 0.2) is 0 Å². The van der Waals surface area contributed by atoms with Gasteiger partial charge in [0.2, 0.25) is 5.91 Å². The topological polar surface area (TPSA) is 90.0 Å². The highest BCUT2D eigenvalue weighted by atomic mass is 16.4. The van der Waals surface area contributed by atoms with Gasteiger partial charge in [-0.25, -0.2) is 4.79 Å². The first kappa shape index (κ1) is 16.2. The molecule has 2 N–H and O–H groups in total. The molecule has 0 aliphatic heterocycles. The van der Waals surface area contributed by atoms with Gasteiger partial charge in [-0.05, 0) is 13.3 Å². The third-order valence-electron chi connectivity index (χ3n) is 2.32. The normalized spacial score (nSPS) is 11.6. The van der Waals surface area contributed by atoms with Gasteiger partial charge in [-0.3, -0.25) is 9.59 Å². The molecular formula is C11H21N3O4. The number of hydrogen-bond donors (Lipinski definition) is 2. The molecule has 0 heterocycles. The number of nitrogens with zero attached hydrogens (tertiary/aromatic N) is 2. The zero-order chi connectivity index (χ0) is 14.3. The Hall–Kier alpha value is -1.79. The summed E-state index contributed by atoms with van der Waals surface area (Å²) < 4.78 is 0. The van der Waals surface area contributed by atoms with Gasteiger partial charge in [0.25, 0.3) is 0 Å². The van der Waals surface area contributed by atoms with Gasteiger partial charge in [0.1, 0.15) is 12.6 Å². The van der Waals surface area contributed by atoms with Crippen molar-refractivity contribution in [3.8, 4) is 0 Å². The summed E-state index contributed by atoms with van der Waals surface area (Å²) in [5.41, 5.74) is 0. The lowest BCUT2D eigenvalue weighted by atomic mass is 10.3. The second kappa shape index (κ2) is 7.52. The molecule has 7 nitrogen and oxygen atoms in total. The molecule has 0 aliphatic carbocycles. The largest absolute Gasteiger partial charge is 0.480 e. The molecule has 0 spiro atoms. The summed E-state index contributed by atoms with van der Waals surface area (Å²) in [7, 11) is 3.20. The lowest BCUT2D eigenvalue weighted by molar-refractivity contribution is -0.138. The van der Waals surface area contributed by atoms with Crippen molar-refractivity contribution in [2.24, 2.45) is 0 Å². The van der Waals surface area contributed by atoms with Crippen molar-refractivity contribution in [1.29, 1.82) is 0 Å². The Labute approximate surface area is 107 Å². The molecular weight excluding hydrogens is 238 g/mol. The van der Waals surface area contributed by atoms with Crippen LogP contribution in [0.25, 0.3) is 0 Å². The molecule has 0 bridgehead atoms. The summed E-state index contributed by atoms with van der Waals surface area (Å²) in [5.74, 6) is -1.32. The maximum absolute atomic E-state index is 11.8. The number of urea groups is 1. The Morgan fingerprint density at radius 1 is 1.28 bits per heavy atom. The molecule has 0 radical (unpaired) electrons. The molecule has 0 aliphatic rings. The summed E-state index contributed by atoms with van der Waals surface area (Å²) in [5, 5.41) is 11.0. The Morgan fingerprint density at radius 3 is 2.22 bits per heavy atom. The van der Waals surface area contributed by atoms with Crippen LogP contribution < -0.4 is 5.32 Å². The van der Waals surface area contributed by atoms with E-state index in [1.165, 1.54) is 16.7 Å². The van der Waals surface area contributed by atoms with E-state index in [1.54, 1.807) is 14.1 Å². The maximum atomic E-state index is 11.8. The fourth-order valence-corrected chi connectivity index (χ4v) is 1.17. The van der Waals surface area contributed by atoms with Gasteiger partial charge >= 0.3 is 12.0 Å². The number of aliphatic carboxylic acids is 1. The van der Waals surface area contributed by atoms with Crippen LogP contribution >= 0.6 is 0 Å². The fourth-order valence-electron chi connectivity index (χ4n) is 1.17. The first-order valence-electron chi connectivity index (χ1n) is 5.78. The third kappa shape index (κ3) is 5.51. The molecule has 7 heteroatoms. The van der Waals surface area contributed by atoms with E-state index < -0.39 is 18.0 Å². The summed E-state index contributed by atoms with van der Waals surface area (Å²) in [6.45, 7) is 3.59. The van der Waals surface area contributed by atoms with Crippen molar-refractivity contribution in [3.63, 3.8) is 0 Å². The molecule has 0 aromatic rings. The highest BCUT2D eigenvalue weighted by molar-refractivity contribution is 5.86. The van der Waals surface area contributed by atoms with E-state index in [1.807, 2.05) is 6.92 Å².